The molecule has 17 heavy (non-hydrogen) atoms. The lowest BCUT2D eigenvalue weighted by molar-refractivity contribution is -0.137. The number of rotatable bonds is 3. The first-order valence-corrected chi connectivity index (χ1v) is 5.87. The number of carboxylic acids is 1. The van der Waals surface area contributed by atoms with Crippen molar-refractivity contribution in [1.82, 2.24) is 0 Å². The van der Waals surface area contributed by atoms with Gasteiger partial charge in [-0.3, -0.25) is 4.79 Å². The van der Waals surface area contributed by atoms with Crippen molar-refractivity contribution in [2.75, 3.05) is 0 Å². The number of aliphatic carboxylic acids is 1. The van der Waals surface area contributed by atoms with Gasteiger partial charge in [0.2, 0.25) is 0 Å². The third-order valence-corrected chi connectivity index (χ3v) is 3.29. The summed E-state index contributed by atoms with van der Waals surface area (Å²) in [6.45, 7) is 0. The second kappa shape index (κ2) is 4.84. The summed E-state index contributed by atoms with van der Waals surface area (Å²) in [5.41, 5.74) is 7.81. The highest BCUT2D eigenvalue weighted by molar-refractivity contribution is 5.68. The summed E-state index contributed by atoms with van der Waals surface area (Å²) >= 11 is 0. The molecule has 0 amide bonds. The van der Waals surface area contributed by atoms with Crippen LogP contribution in [-0.4, -0.2) is 11.1 Å². The second-order valence-electron chi connectivity index (χ2n) is 4.52. The SMILES string of the molecule is NC(CC(=O)O)c1ccc2c(c1F)CCCC2. The predicted molar refractivity (Wildman–Crippen MR) is 62.2 cm³/mol. The minimum Gasteiger partial charge on any atom is -0.481 e. The van der Waals surface area contributed by atoms with Crippen molar-refractivity contribution in [2.45, 2.75) is 38.1 Å². The molecular weight excluding hydrogens is 221 g/mol. The quantitative estimate of drug-likeness (QED) is 0.846. The summed E-state index contributed by atoms with van der Waals surface area (Å²) in [6, 6.07) is 2.75. The van der Waals surface area contributed by atoms with E-state index in [9.17, 15) is 9.18 Å². The third-order valence-electron chi connectivity index (χ3n) is 3.29. The maximum Gasteiger partial charge on any atom is 0.305 e. The molecule has 92 valence electrons. The molecule has 3 nitrogen and oxygen atoms in total. The molecule has 0 spiro atoms. The Morgan fingerprint density at radius 1 is 1.41 bits per heavy atom. The molecule has 3 N–H and O–H groups in total. The van der Waals surface area contributed by atoms with Gasteiger partial charge in [0.25, 0.3) is 0 Å². The highest BCUT2D eigenvalue weighted by Gasteiger charge is 2.20. The summed E-state index contributed by atoms with van der Waals surface area (Å²) in [5, 5.41) is 8.67. The number of benzene rings is 1. The molecule has 0 bridgehead atoms. The highest BCUT2D eigenvalue weighted by Crippen LogP contribution is 2.28. The Kier molecular flexibility index (Phi) is 3.43. The normalized spacial score (nSPS) is 16.4. The van der Waals surface area contributed by atoms with Crippen LogP contribution < -0.4 is 5.73 Å². The van der Waals surface area contributed by atoms with Gasteiger partial charge >= 0.3 is 5.97 Å². The number of nitrogens with two attached hydrogens (primary N) is 1. The van der Waals surface area contributed by atoms with Crippen LogP contribution in [0.2, 0.25) is 0 Å². The molecule has 2 rings (SSSR count). The average molecular weight is 237 g/mol. The number of fused-ring (bicyclic) bond motifs is 1. The number of carbonyl (C=O) groups is 1. The van der Waals surface area contributed by atoms with Gasteiger partial charge in [-0.1, -0.05) is 12.1 Å². The maximum atomic E-state index is 14.2. The summed E-state index contributed by atoms with van der Waals surface area (Å²) < 4.78 is 14.2. The van der Waals surface area contributed by atoms with Crippen LogP contribution in [0.4, 0.5) is 4.39 Å². The minimum atomic E-state index is -1.00. The molecule has 4 heteroatoms. The molecular formula is C13H16FNO2. The molecule has 1 aromatic carbocycles. The Morgan fingerprint density at radius 2 is 2.12 bits per heavy atom. The van der Waals surface area contributed by atoms with Crippen LogP contribution in [0.3, 0.4) is 0 Å². The van der Waals surface area contributed by atoms with E-state index in [2.05, 4.69) is 0 Å². The number of halogens is 1. The van der Waals surface area contributed by atoms with E-state index in [0.29, 0.717) is 5.56 Å². The molecule has 1 aromatic rings. The van der Waals surface area contributed by atoms with Crippen LogP contribution in [0.5, 0.6) is 0 Å². The lowest BCUT2D eigenvalue weighted by Gasteiger charge is -2.20. The van der Waals surface area contributed by atoms with Crippen molar-refractivity contribution in [3.05, 3.63) is 34.6 Å². The number of aryl methyl sites for hydroxylation is 1. The lowest BCUT2D eigenvalue weighted by Crippen LogP contribution is -2.18. The van der Waals surface area contributed by atoms with E-state index in [1.165, 1.54) is 0 Å². The van der Waals surface area contributed by atoms with Crippen LogP contribution in [0.1, 0.15) is 42.0 Å². The summed E-state index contributed by atoms with van der Waals surface area (Å²) in [5.74, 6) is -1.30. The van der Waals surface area contributed by atoms with Crippen LogP contribution in [0, 0.1) is 5.82 Å². The van der Waals surface area contributed by atoms with Gasteiger partial charge in [0, 0.05) is 11.6 Å². The summed E-state index contributed by atoms with van der Waals surface area (Å²) in [6.07, 6.45) is 3.47. The summed E-state index contributed by atoms with van der Waals surface area (Å²) in [4.78, 5) is 10.6. The topological polar surface area (TPSA) is 63.3 Å². The van der Waals surface area contributed by atoms with E-state index >= 15 is 0 Å². The average Bonchev–Trinajstić information content (AvgIpc) is 2.28. The van der Waals surface area contributed by atoms with Crippen molar-refractivity contribution >= 4 is 5.97 Å². The minimum absolute atomic E-state index is 0.240. The Hall–Kier alpha value is -1.42. The molecule has 0 fully saturated rings. The fourth-order valence-corrected chi connectivity index (χ4v) is 2.39. The largest absolute Gasteiger partial charge is 0.481 e. The van der Waals surface area contributed by atoms with Crippen molar-refractivity contribution < 1.29 is 14.3 Å². The first kappa shape index (κ1) is 12.0. The van der Waals surface area contributed by atoms with Crippen LogP contribution >= 0.6 is 0 Å². The summed E-state index contributed by atoms with van der Waals surface area (Å²) in [7, 11) is 0. The number of hydrogen-bond acceptors (Lipinski definition) is 2. The fraction of sp³-hybridized carbons (Fsp3) is 0.462. The molecule has 0 radical (unpaired) electrons. The Morgan fingerprint density at radius 3 is 2.82 bits per heavy atom. The molecule has 0 saturated heterocycles. The van der Waals surface area contributed by atoms with E-state index in [-0.39, 0.29) is 12.2 Å². The van der Waals surface area contributed by atoms with Crippen LogP contribution in [0.25, 0.3) is 0 Å². The zero-order valence-electron chi connectivity index (χ0n) is 9.58. The Bertz CT molecular complexity index is 445. The van der Waals surface area contributed by atoms with Crippen molar-refractivity contribution in [2.24, 2.45) is 5.73 Å². The molecule has 0 aromatic heterocycles. The standard InChI is InChI=1S/C13H16FNO2/c14-13-9-4-2-1-3-8(9)5-6-10(13)11(15)7-12(16)17/h5-6,11H,1-4,7,15H2,(H,16,17). The first-order chi connectivity index (χ1) is 8.09. The van der Waals surface area contributed by atoms with Gasteiger partial charge < -0.3 is 10.8 Å². The molecule has 0 heterocycles. The molecule has 0 saturated carbocycles. The van der Waals surface area contributed by atoms with E-state index in [0.717, 1.165) is 36.8 Å². The van der Waals surface area contributed by atoms with E-state index in [1.807, 2.05) is 6.07 Å². The van der Waals surface area contributed by atoms with Crippen LogP contribution in [0.15, 0.2) is 12.1 Å². The van der Waals surface area contributed by atoms with Gasteiger partial charge in [-0.05, 0) is 36.8 Å². The fourth-order valence-electron chi connectivity index (χ4n) is 2.39. The smallest absolute Gasteiger partial charge is 0.305 e. The van der Waals surface area contributed by atoms with Crippen molar-refractivity contribution in [3.63, 3.8) is 0 Å². The monoisotopic (exact) mass is 237 g/mol. The molecule has 0 aliphatic heterocycles. The first-order valence-electron chi connectivity index (χ1n) is 5.87. The lowest BCUT2D eigenvalue weighted by atomic mass is 9.88. The zero-order chi connectivity index (χ0) is 12.4. The van der Waals surface area contributed by atoms with Gasteiger partial charge in [-0.25, -0.2) is 4.39 Å². The van der Waals surface area contributed by atoms with Crippen molar-refractivity contribution in [3.8, 4) is 0 Å². The molecule has 1 aliphatic carbocycles. The third kappa shape index (κ3) is 2.47. The second-order valence-corrected chi connectivity index (χ2v) is 4.52. The molecule has 1 aliphatic rings. The predicted octanol–water partition coefficient (Wildman–Crippen LogP) is 2.18. The highest BCUT2D eigenvalue weighted by atomic mass is 19.1. The zero-order valence-corrected chi connectivity index (χ0v) is 9.58. The Balaban J connectivity index is 2.32. The van der Waals surface area contributed by atoms with E-state index in [4.69, 9.17) is 10.8 Å². The number of carboxylic acid groups (broad SMARTS) is 1. The van der Waals surface area contributed by atoms with Gasteiger partial charge in [0.1, 0.15) is 5.82 Å². The molecule has 1 atom stereocenters. The van der Waals surface area contributed by atoms with Gasteiger partial charge in [-0.2, -0.15) is 0 Å². The van der Waals surface area contributed by atoms with E-state index in [1.54, 1.807) is 6.07 Å². The van der Waals surface area contributed by atoms with Gasteiger partial charge in [0.05, 0.1) is 6.42 Å². The van der Waals surface area contributed by atoms with Crippen LogP contribution in [-0.2, 0) is 17.6 Å². The van der Waals surface area contributed by atoms with E-state index < -0.39 is 12.0 Å². The van der Waals surface area contributed by atoms with Crippen molar-refractivity contribution in [1.29, 1.82) is 0 Å². The number of hydrogen-bond donors (Lipinski definition) is 2. The van der Waals surface area contributed by atoms with Gasteiger partial charge in [0.15, 0.2) is 0 Å². The molecule has 1 unspecified atom stereocenters. The maximum absolute atomic E-state index is 14.2. The Labute approximate surface area is 99.4 Å². The van der Waals surface area contributed by atoms with Gasteiger partial charge in [-0.15, -0.1) is 0 Å².